The van der Waals surface area contributed by atoms with Gasteiger partial charge >= 0.3 is 5.69 Å². The zero-order valence-corrected chi connectivity index (χ0v) is 22.6. The first kappa shape index (κ1) is 25.2. The molecule has 8 heteroatoms. The molecular weight excluding hydrogens is 462 g/mol. The summed E-state index contributed by atoms with van der Waals surface area (Å²) in [6.45, 7) is 11.9. The van der Waals surface area contributed by atoms with Crippen LogP contribution in [0.5, 0.6) is 0 Å². The minimum Gasteiger partial charge on any atom is -0.368 e. The number of allylic oxidation sites excluding steroid dienone is 2. The number of dihydropyridines is 1. The number of tetrazole rings is 1. The predicted octanol–water partition coefficient (Wildman–Crippen LogP) is 4.84. The summed E-state index contributed by atoms with van der Waals surface area (Å²) in [6, 6.07) is 8.53. The van der Waals surface area contributed by atoms with Crippen LogP contribution in [0.4, 0.5) is 0 Å². The van der Waals surface area contributed by atoms with Crippen LogP contribution in [-0.2, 0) is 18.4 Å². The van der Waals surface area contributed by atoms with Crippen molar-refractivity contribution in [2.45, 2.75) is 71.9 Å². The highest BCUT2D eigenvalue weighted by Gasteiger charge is 2.54. The van der Waals surface area contributed by atoms with Crippen molar-refractivity contribution in [3.8, 4) is 11.4 Å². The molecule has 2 N–H and O–H groups in total. The van der Waals surface area contributed by atoms with Crippen LogP contribution >= 0.6 is 0 Å². The number of imidazole rings is 1. The van der Waals surface area contributed by atoms with Crippen molar-refractivity contribution in [2.24, 2.45) is 23.7 Å². The molecule has 3 heterocycles. The summed E-state index contributed by atoms with van der Waals surface area (Å²) in [6.07, 6.45) is 13.4. The van der Waals surface area contributed by atoms with Gasteiger partial charge in [-0.3, -0.25) is 9.13 Å². The summed E-state index contributed by atoms with van der Waals surface area (Å²) < 4.78 is 4.10. The molecule has 196 valence electrons. The third kappa shape index (κ3) is 4.69. The van der Waals surface area contributed by atoms with Crippen LogP contribution in [0.2, 0.25) is 0 Å². The minimum atomic E-state index is -0.482. The van der Waals surface area contributed by atoms with Crippen LogP contribution in [-0.4, -0.2) is 29.8 Å². The van der Waals surface area contributed by atoms with Gasteiger partial charge in [0.2, 0.25) is 0 Å². The molecule has 5 rings (SSSR count). The van der Waals surface area contributed by atoms with Crippen molar-refractivity contribution in [3.63, 3.8) is 0 Å². The Labute approximate surface area is 218 Å². The van der Waals surface area contributed by atoms with Gasteiger partial charge < -0.3 is 5.32 Å². The third-order valence-corrected chi connectivity index (χ3v) is 8.22. The number of hydrogen-bond donors (Lipinski definition) is 2. The van der Waals surface area contributed by atoms with Gasteiger partial charge in [0.1, 0.15) is 0 Å². The van der Waals surface area contributed by atoms with E-state index in [-0.39, 0.29) is 11.7 Å². The number of nitrogens with one attached hydrogen (secondary N) is 2. The Morgan fingerprint density at radius 2 is 1.81 bits per heavy atom. The molecule has 3 aromatic rings. The maximum absolute atomic E-state index is 14.1. The molecule has 1 aliphatic carbocycles. The SMILES string of the molecule is CCCCc1cn(C2C(C(C)C)C2C(C)C)c(=O)n1CC1(c2cccc(-c3nnn[nH]3)c2)C=CNC=C1. The molecule has 0 bridgehead atoms. The molecule has 37 heavy (non-hydrogen) atoms. The summed E-state index contributed by atoms with van der Waals surface area (Å²) in [4.78, 5) is 14.1. The van der Waals surface area contributed by atoms with Crippen molar-refractivity contribution in [1.82, 2.24) is 35.1 Å². The predicted molar refractivity (Wildman–Crippen MR) is 146 cm³/mol. The molecule has 1 aromatic carbocycles. The van der Waals surface area contributed by atoms with Crippen molar-refractivity contribution in [3.05, 3.63) is 76.8 Å². The zero-order chi connectivity index (χ0) is 26.2. The van der Waals surface area contributed by atoms with Crippen LogP contribution in [0.3, 0.4) is 0 Å². The van der Waals surface area contributed by atoms with E-state index in [1.54, 1.807) is 0 Å². The van der Waals surface area contributed by atoms with Gasteiger partial charge in [-0.25, -0.2) is 9.89 Å². The van der Waals surface area contributed by atoms with Crippen LogP contribution in [0.15, 0.2) is 59.8 Å². The molecule has 0 amide bonds. The Balaban J connectivity index is 1.57. The van der Waals surface area contributed by atoms with Gasteiger partial charge in [-0.1, -0.05) is 71.4 Å². The number of aromatic amines is 1. The lowest BCUT2D eigenvalue weighted by Crippen LogP contribution is -2.36. The minimum absolute atomic E-state index is 0.111. The molecule has 8 nitrogen and oxygen atoms in total. The Morgan fingerprint density at radius 3 is 2.43 bits per heavy atom. The van der Waals surface area contributed by atoms with Gasteiger partial charge in [0.15, 0.2) is 5.82 Å². The van der Waals surface area contributed by atoms with Crippen molar-refractivity contribution >= 4 is 0 Å². The second-order valence-corrected chi connectivity index (χ2v) is 11.3. The van der Waals surface area contributed by atoms with E-state index in [2.05, 4.69) is 95.6 Å². The van der Waals surface area contributed by atoms with Crippen LogP contribution < -0.4 is 11.0 Å². The number of hydrogen-bond acceptors (Lipinski definition) is 5. The Kier molecular flexibility index (Phi) is 6.92. The molecule has 1 aliphatic heterocycles. The van der Waals surface area contributed by atoms with E-state index in [0.29, 0.717) is 36.0 Å². The smallest absolute Gasteiger partial charge is 0.328 e. The first-order valence-corrected chi connectivity index (χ1v) is 13.6. The van der Waals surface area contributed by atoms with Crippen LogP contribution in [0.1, 0.15) is 64.8 Å². The molecular formula is C29H39N7O. The second-order valence-electron chi connectivity index (χ2n) is 11.3. The van der Waals surface area contributed by atoms with Gasteiger partial charge in [-0.15, -0.1) is 5.10 Å². The summed E-state index contributed by atoms with van der Waals surface area (Å²) in [7, 11) is 0. The van der Waals surface area contributed by atoms with E-state index in [1.165, 1.54) is 0 Å². The maximum atomic E-state index is 14.1. The number of aromatic nitrogens is 6. The molecule has 2 unspecified atom stereocenters. The largest absolute Gasteiger partial charge is 0.368 e. The molecule has 1 fully saturated rings. The fourth-order valence-electron chi connectivity index (χ4n) is 6.27. The molecule has 0 saturated heterocycles. The molecule has 1 saturated carbocycles. The number of benzene rings is 1. The summed E-state index contributed by atoms with van der Waals surface area (Å²) in [5.41, 5.74) is 2.75. The third-order valence-electron chi connectivity index (χ3n) is 8.22. The highest BCUT2D eigenvalue weighted by molar-refractivity contribution is 5.57. The van der Waals surface area contributed by atoms with Crippen LogP contribution in [0, 0.1) is 23.7 Å². The fraction of sp³-hybridized carbons (Fsp3) is 0.517. The molecule has 2 aromatic heterocycles. The van der Waals surface area contributed by atoms with Gasteiger partial charge in [0.25, 0.3) is 0 Å². The van der Waals surface area contributed by atoms with Gasteiger partial charge in [0, 0.05) is 30.0 Å². The Bertz CT molecular complexity index is 1300. The van der Waals surface area contributed by atoms with Gasteiger partial charge in [-0.05, 0) is 71.0 Å². The standard InChI is InChI=1S/C29H39N7O/c1-6-7-11-23-17-35(26-24(19(2)3)25(26)20(4)5)28(37)36(23)18-29(12-14-30-15-13-29)22-10-8-9-21(16-22)27-31-33-34-32-27/h8-10,12-17,19-20,24-26,30H,6-7,11,18H2,1-5H3,(H,31,32,33,34). The quantitative estimate of drug-likeness (QED) is 0.415. The Hall–Kier alpha value is -3.42. The molecule has 2 aliphatic rings. The first-order valence-electron chi connectivity index (χ1n) is 13.6. The number of unbranched alkanes of at least 4 members (excludes halogenated alkanes) is 1. The zero-order valence-electron chi connectivity index (χ0n) is 22.6. The topological polar surface area (TPSA) is 93.4 Å². The summed E-state index contributed by atoms with van der Waals surface area (Å²) >= 11 is 0. The molecule has 2 atom stereocenters. The number of rotatable bonds is 10. The lowest BCUT2D eigenvalue weighted by molar-refractivity contribution is 0.448. The van der Waals surface area contributed by atoms with Crippen molar-refractivity contribution in [2.75, 3.05) is 0 Å². The first-order chi connectivity index (χ1) is 17.9. The molecule has 0 radical (unpaired) electrons. The fourth-order valence-corrected chi connectivity index (χ4v) is 6.27. The van der Waals surface area contributed by atoms with Gasteiger partial charge in [-0.2, -0.15) is 0 Å². The van der Waals surface area contributed by atoms with E-state index in [1.807, 2.05) is 29.1 Å². The van der Waals surface area contributed by atoms with E-state index < -0.39 is 5.41 Å². The lowest BCUT2D eigenvalue weighted by Gasteiger charge is -2.31. The number of H-pyrrole nitrogens is 1. The van der Waals surface area contributed by atoms with Gasteiger partial charge in [0.05, 0.1) is 5.41 Å². The van der Waals surface area contributed by atoms with E-state index in [0.717, 1.165) is 36.1 Å². The monoisotopic (exact) mass is 501 g/mol. The summed E-state index contributed by atoms with van der Waals surface area (Å²) in [5.74, 6) is 2.84. The maximum Gasteiger partial charge on any atom is 0.328 e. The molecule has 0 spiro atoms. The van der Waals surface area contributed by atoms with Crippen molar-refractivity contribution < 1.29 is 0 Å². The normalized spacial score (nSPS) is 22.1. The second kappa shape index (κ2) is 10.1. The number of aryl methyl sites for hydroxylation is 1. The summed E-state index contributed by atoms with van der Waals surface area (Å²) in [5, 5.41) is 17.6. The van der Waals surface area contributed by atoms with E-state index in [4.69, 9.17) is 0 Å². The average molecular weight is 502 g/mol. The van der Waals surface area contributed by atoms with E-state index in [9.17, 15) is 4.79 Å². The number of nitrogens with zero attached hydrogens (tertiary/aromatic N) is 5. The highest BCUT2D eigenvalue weighted by Crippen LogP contribution is 2.57. The Morgan fingerprint density at radius 1 is 1.08 bits per heavy atom. The van der Waals surface area contributed by atoms with Crippen LogP contribution in [0.25, 0.3) is 11.4 Å². The highest BCUT2D eigenvalue weighted by atomic mass is 16.1. The average Bonchev–Trinajstić information content (AvgIpc) is 3.26. The van der Waals surface area contributed by atoms with Crippen molar-refractivity contribution in [1.29, 1.82) is 0 Å². The van der Waals surface area contributed by atoms with E-state index >= 15 is 0 Å². The lowest BCUT2D eigenvalue weighted by atomic mass is 9.78.